The summed E-state index contributed by atoms with van der Waals surface area (Å²) >= 11 is 0. The number of cyclic esters (lactones) is 1. The Balaban J connectivity index is 1.15. The molecule has 0 aromatic heterocycles. The number of rotatable bonds is 7. The van der Waals surface area contributed by atoms with Crippen molar-refractivity contribution in [3.05, 3.63) is 76.9 Å². The van der Waals surface area contributed by atoms with Gasteiger partial charge >= 0.3 is 5.97 Å². The van der Waals surface area contributed by atoms with Gasteiger partial charge in [0, 0.05) is 17.4 Å². The third-order valence-corrected chi connectivity index (χ3v) is 9.85. The Labute approximate surface area is 276 Å². The number of fused-ring (bicyclic) bond motifs is 4. The lowest BCUT2D eigenvalue weighted by atomic mass is 9.66. The molecule has 4 heterocycles. The van der Waals surface area contributed by atoms with E-state index in [9.17, 15) is 15.0 Å². The molecule has 3 aromatic carbocycles. The Kier molecular flexibility index (Phi) is 8.06. The first-order valence-electron chi connectivity index (χ1n) is 15.8. The SMILES string of the molecule is COc1cc([C@@H]2c3cc4c(cc3[C@@H](O[C@H]3O[C@H]5CO[C@@H](c6ccccc6)O[C@@H]5[C@@H](O)[C@@H]3O)[C@@H]3COC(=O)[C@@H]23)OCO4)cc(OC)c1OC. The lowest BCUT2D eigenvalue weighted by Gasteiger charge is -2.48. The molecule has 10 atom stereocenters. The van der Waals surface area contributed by atoms with E-state index in [0.717, 1.165) is 16.7 Å². The van der Waals surface area contributed by atoms with Crippen LogP contribution in [0.15, 0.2) is 54.6 Å². The van der Waals surface area contributed by atoms with Gasteiger partial charge in [-0.1, -0.05) is 30.3 Å². The summed E-state index contributed by atoms with van der Waals surface area (Å²) in [6, 6.07) is 16.7. The molecule has 3 saturated heterocycles. The highest BCUT2D eigenvalue weighted by Crippen LogP contribution is 2.57. The van der Waals surface area contributed by atoms with Gasteiger partial charge < -0.3 is 57.6 Å². The number of hydrogen-bond donors (Lipinski definition) is 2. The van der Waals surface area contributed by atoms with E-state index in [-0.39, 0.29) is 20.0 Å². The molecule has 0 radical (unpaired) electrons. The predicted molar refractivity (Wildman–Crippen MR) is 163 cm³/mol. The van der Waals surface area contributed by atoms with Crippen molar-refractivity contribution >= 4 is 5.97 Å². The van der Waals surface area contributed by atoms with Crippen molar-refractivity contribution in [1.82, 2.24) is 0 Å². The molecular weight excluding hydrogens is 628 g/mol. The van der Waals surface area contributed by atoms with Gasteiger partial charge in [-0.15, -0.1) is 0 Å². The van der Waals surface area contributed by atoms with Crippen molar-refractivity contribution < 1.29 is 62.4 Å². The molecule has 0 amide bonds. The predicted octanol–water partition coefficient (Wildman–Crippen LogP) is 2.99. The van der Waals surface area contributed by atoms with Crippen LogP contribution in [0.1, 0.15) is 40.6 Å². The largest absolute Gasteiger partial charge is 0.493 e. The summed E-state index contributed by atoms with van der Waals surface area (Å²) in [6.45, 7) is 0.202. The second-order valence-corrected chi connectivity index (χ2v) is 12.3. The van der Waals surface area contributed by atoms with Crippen LogP contribution >= 0.6 is 0 Å². The van der Waals surface area contributed by atoms with E-state index in [1.165, 1.54) is 21.3 Å². The average molecular weight is 665 g/mol. The van der Waals surface area contributed by atoms with Crippen LogP contribution in [-0.2, 0) is 28.5 Å². The van der Waals surface area contributed by atoms with Crippen molar-refractivity contribution in [2.24, 2.45) is 11.8 Å². The summed E-state index contributed by atoms with van der Waals surface area (Å²) in [4.78, 5) is 13.6. The lowest BCUT2D eigenvalue weighted by molar-refractivity contribution is -0.369. The van der Waals surface area contributed by atoms with Crippen molar-refractivity contribution in [1.29, 1.82) is 0 Å². The maximum Gasteiger partial charge on any atom is 0.310 e. The van der Waals surface area contributed by atoms with Gasteiger partial charge in [-0.3, -0.25) is 4.79 Å². The maximum atomic E-state index is 13.6. The number of carbonyl (C=O) groups is 1. The Morgan fingerprint density at radius 3 is 2.17 bits per heavy atom. The molecule has 4 aliphatic heterocycles. The van der Waals surface area contributed by atoms with Gasteiger partial charge in [0.1, 0.15) is 24.4 Å². The highest BCUT2D eigenvalue weighted by molar-refractivity contribution is 5.79. The van der Waals surface area contributed by atoms with Gasteiger partial charge in [0.2, 0.25) is 12.5 Å². The zero-order chi connectivity index (χ0) is 33.1. The smallest absolute Gasteiger partial charge is 0.310 e. The Morgan fingerprint density at radius 2 is 1.48 bits per heavy atom. The first-order valence-corrected chi connectivity index (χ1v) is 15.8. The molecule has 2 N–H and O–H groups in total. The van der Waals surface area contributed by atoms with Crippen molar-refractivity contribution in [2.45, 2.75) is 49.0 Å². The molecule has 0 spiro atoms. The molecule has 254 valence electrons. The first-order chi connectivity index (χ1) is 23.4. The van der Waals surface area contributed by atoms with Crippen LogP contribution in [0.4, 0.5) is 0 Å². The summed E-state index contributed by atoms with van der Waals surface area (Å²) in [5.41, 5.74) is 2.95. The van der Waals surface area contributed by atoms with Gasteiger partial charge in [0.15, 0.2) is 35.6 Å². The minimum Gasteiger partial charge on any atom is -0.493 e. The zero-order valence-electron chi connectivity index (χ0n) is 26.5. The third kappa shape index (κ3) is 5.04. The van der Waals surface area contributed by atoms with Crippen LogP contribution in [0.2, 0.25) is 0 Å². The first kappa shape index (κ1) is 31.2. The molecule has 3 fully saturated rings. The summed E-state index contributed by atoms with van der Waals surface area (Å²) in [7, 11) is 4.59. The van der Waals surface area contributed by atoms with Crippen molar-refractivity contribution in [3.63, 3.8) is 0 Å². The Hall–Kier alpha value is -4.11. The Morgan fingerprint density at radius 1 is 0.771 bits per heavy atom. The van der Waals surface area contributed by atoms with Crippen LogP contribution in [0.25, 0.3) is 0 Å². The highest BCUT2D eigenvalue weighted by Gasteiger charge is 2.56. The molecule has 1 aliphatic carbocycles. The van der Waals surface area contributed by atoms with Crippen molar-refractivity contribution in [2.75, 3.05) is 41.3 Å². The number of esters is 1. The average Bonchev–Trinajstić information content (AvgIpc) is 3.75. The molecule has 3 aromatic rings. The van der Waals surface area contributed by atoms with Crippen LogP contribution in [0, 0.1) is 11.8 Å². The number of hydrogen-bond acceptors (Lipinski definition) is 13. The minimum atomic E-state index is -1.47. The number of benzene rings is 3. The standard InChI is InChI=1S/C35H36O13/c1-39-23-9-17(10-24(40-2)31(23)41-3)26-18-11-21-22(45-15-44-21)12-19(18)30(20-13-42-33(38)27(20)26)47-35-29(37)28(36)32-25(46-35)14-43-34(48-32)16-7-5-4-6-8-16/h4-12,20,25-30,32,34-37H,13-15H2,1-3H3/t20-,25+,26-,27-,28+,29+,30-,32+,34-,35-/m1/s1. The van der Waals surface area contributed by atoms with Crippen LogP contribution in [-0.4, -0.2) is 88.2 Å². The van der Waals surface area contributed by atoms with Gasteiger partial charge in [-0.25, -0.2) is 0 Å². The molecule has 0 saturated carbocycles. The van der Waals surface area contributed by atoms with Gasteiger partial charge in [-0.05, 0) is 41.0 Å². The Bertz CT molecular complexity index is 1650. The van der Waals surface area contributed by atoms with E-state index in [0.29, 0.717) is 34.3 Å². The van der Waals surface area contributed by atoms with Crippen LogP contribution in [0.3, 0.4) is 0 Å². The second kappa shape index (κ2) is 12.4. The van der Waals surface area contributed by atoms with Gasteiger partial charge in [-0.2, -0.15) is 0 Å². The normalized spacial score (nSPS) is 33.2. The molecule has 8 rings (SSSR count). The number of methoxy groups -OCH3 is 3. The maximum absolute atomic E-state index is 13.6. The molecular formula is C35H36O13. The second-order valence-electron chi connectivity index (χ2n) is 12.3. The van der Waals surface area contributed by atoms with Gasteiger partial charge in [0.25, 0.3) is 0 Å². The summed E-state index contributed by atoms with van der Waals surface area (Å²) in [6.07, 6.45) is -7.19. The zero-order valence-corrected chi connectivity index (χ0v) is 26.5. The summed E-state index contributed by atoms with van der Waals surface area (Å²) in [5.74, 6) is 0.203. The van der Waals surface area contributed by atoms with E-state index < -0.39 is 66.8 Å². The fourth-order valence-electron chi connectivity index (χ4n) is 7.58. The number of carbonyl (C=O) groups excluding carboxylic acids is 1. The van der Waals surface area contributed by atoms with Crippen LogP contribution in [0.5, 0.6) is 28.7 Å². The molecule has 48 heavy (non-hydrogen) atoms. The van der Waals surface area contributed by atoms with E-state index in [2.05, 4.69) is 0 Å². The fraction of sp³-hybridized carbons (Fsp3) is 0.457. The third-order valence-electron chi connectivity index (χ3n) is 9.85. The summed E-state index contributed by atoms with van der Waals surface area (Å²) in [5, 5.41) is 22.6. The molecule has 5 aliphatic rings. The van der Waals surface area contributed by atoms with Crippen LogP contribution < -0.4 is 23.7 Å². The molecule has 0 bridgehead atoms. The van der Waals surface area contributed by atoms with E-state index in [4.69, 9.17) is 47.4 Å². The van der Waals surface area contributed by atoms with E-state index >= 15 is 0 Å². The molecule has 0 unspecified atom stereocenters. The van der Waals surface area contributed by atoms with Gasteiger partial charge in [0.05, 0.1) is 46.6 Å². The highest BCUT2D eigenvalue weighted by atomic mass is 16.8. The topological polar surface area (TPSA) is 150 Å². The van der Waals surface area contributed by atoms with E-state index in [1.54, 1.807) is 0 Å². The monoisotopic (exact) mass is 664 g/mol. The van der Waals surface area contributed by atoms with E-state index in [1.807, 2.05) is 54.6 Å². The number of aliphatic hydroxyl groups is 2. The molecule has 13 nitrogen and oxygen atoms in total. The molecule has 13 heteroatoms. The lowest BCUT2D eigenvalue weighted by Crippen LogP contribution is -2.62. The van der Waals surface area contributed by atoms with Crippen molar-refractivity contribution in [3.8, 4) is 28.7 Å². The summed E-state index contributed by atoms with van der Waals surface area (Å²) < 4.78 is 58.9. The number of aliphatic hydroxyl groups excluding tert-OH is 2. The minimum absolute atomic E-state index is 0.0389. The fourth-order valence-corrected chi connectivity index (χ4v) is 7.58. The number of ether oxygens (including phenoxy) is 10. The quantitative estimate of drug-likeness (QED) is 0.357.